The number of hydrogen-bond donors (Lipinski definition) is 2. The lowest BCUT2D eigenvalue weighted by Crippen LogP contribution is -1.74. The smallest absolute Gasteiger partial charge is 0.299 e. The van der Waals surface area contributed by atoms with E-state index < -0.39 is 11.4 Å². The van der Waals surface area contributed by atoms with Gasteiger partial charge in [-0.25, -0.2) is 0 Å². The van der Waals surface area contributed by atoms with Gasteiger partial charge in [0, 0.05) is 0 Å². The summed E-state index contributed by atoms with van der Waals surface area (Å²) in [6.45, 7) is 3.11. The van der Waals surface area contributed by atoms with Crippen molar-refractivity contribution in [1.82, 2.24) is 0 Å². The van der Waals surface area contributed by atoms with Crippen molar-refractivity contribution in [3.8, 4) is 0 Å². The molecule has 0 unspecified atom stereocenters. The Morgan fingerprint density at radius 1 is 1.50 bits per heavy atom. The minimum Gasteiger partial charge on any atom is -0.299 e. The monoisotopic (exact) mass is 138 g/mol. The SMILES string of the molecule is C=CC=O.O=S(O)O. The number of carbonyl (C=O) groups excluding carboxylic acids is 1. The molecule has 5 heteroatoms. The highest BCUT2D eigenvalue weighted by Crippen LogP contribution is 1.44. The fourth-order valence-corrected chi connectivity index (χ4v) is 0. The van der Waals surface area contributed by atoms with Crippen molar-refractivity contribution in [2.45, 2.75) is 0 Å². The zero-order chi connectivity index (χ0) is 6.99. The molecule has 0 spiro atoms. The number of aldehydes is 1. The maximum Gasteiger partial charge on any atom is 0.299 e. The maximum absolute atomic E-state index is 9.06. The van der Waals surface area contributed by atoms with Crippen molar-refractivity contribution in [2.24, 2.45) is 0 Å². The molecule has 0 bridgehead atoms. The molecule has 0 saturated heterocycles. The first-order valence-electron chi connectivity index (χ1n) is 1.51. The van der Waals surface area contributed by atoms with Gasteiger partial charge in [0.25, 0.3) is 11.4 Å². The second kappa shape index (κ2) is 9.70. The van der Waals surface area contributed by atoms with Gasteiger partial charge in [0.2, 0.25) is 0 Å². The quantitative estimate of drug-likeness (QED) is 0.305. The van der Waals surface area contributed by atoms with E-state index in [1.165, 1.54) is 6.08 Å². The van der Waals surface area contributed by atoms with E-state index >= 15 is 0 Å². The molecule has 0 amide bonds. The Hall–Kier alpha value is -0.520. The Morgan fingerprint density at radius 3 is 1.62 bits per heavy atom. The second-order valence-electron chi connectivity index (χ2n) is 0.603. The van der Waals surface area contributed by atoms with Gasteiger partial charge in [0.05, 0.1) is 0 Å². The van der Waals surface area contributed by atoms with Crippen LogP contribution in [0.5, 0.6) is 0 Å². The van der Waals surface area contributed by atoms with Crippen LogP contribution < -0.4 is 0 Å². The van der Waals surface area contributed by atoms with E-state index in [4.69, 9.17) is 18.1 Å². The molecule has 0 rings (SSSR count). The van der Waals surface area contributed by atoms with Crippen LogP contribution in [0.15, 0.2) is 12.7 Å². The fraction of sp³-hybridized carbons (Fsp3) is 0. The summed E-state index contributed by atoms with van der Waals surface area (Å²) in [5, 5.41) is 0. The molecule has 8 heavy (non-hydrogen) atoms. The highest BCUT2D eigenvalue weighted by Gasteiger charge is 1.62. The summed E-state index contributed by atoms with van der Waals surface area (Å²) in [7, 11) is 0. The molecular formula is C3H6O4S. The maximum atomic E-state index is 9.06. The van der Waals surface area contributed by atoms with E-state index in [1.54, 1.807) is 0 Å². The average Bonchev–Trinajstić information content (AvgIpc) is 1.65. The van der Waals surface area contributed by atoms with Gasteiger partial charge < -0.3 is 0 Å². The molecular weight excluding hydrogens is 132 g/mol. The van der Waals surface area contributed by atoms with Crippen molar-refractivity contribution in [1.29, 1.82) is 0 Å². The molecule has 4 nitrogen and oxygen atoms in total. The first-order chi connectivity index (χ1) is 3.65. The number of allylic oxidation sites excluding steroid dienone is 1. The summed E-state index contributed by atoms with van der Waals surface area (Å²) in [5.41, 5.74) is 0. The van der Waals surface area contributed by atoms with E-state index in [9.17, 15) is 0 Å². The topological polar surface area (TPSA) is 74.6 Å². The summed E-state index contributed by atoms with van der Waals surface area (Å²) in [6.07, 6.45) is 1.83. The number of rotatable bonds is 1. The fourth-order valence-electron chi connectivity index (χ4n) is 0. The third-order valence-corrected chi connectivity index (χ3v) is 0.0962. The molecule has 0 heterocycles. The number of hydrogen-bond acceptors (Lipinski definition) is 2. The van der Waals surface area contributed by atoms with Crippen LogP contribution in [0.4, 0.5) is 0 Å². The highest BCUT2D eigenvalue weighted by molar-refractivity contribution is 7.73. The van der Waals surface area contributed by atoms with Crippen LogP contribution >= 0.6 is 0 Å². The second-order valence-corrected chi connectivity index (χ2v) is 1.06. The van der Waals surface area contributed by atoms with Crippen LogP contribution in [0, 0.1) is 0 Å². The third-order valence-electron chi connectivity index (χ3n) is 0.0962. The van der Waals surface area contributed by atoms with E-state index in [0.29, 0.717) is 6.29 Å². The molecule has 2 N–H and O–H groups in total. The van der Waals surface area contributed by atoms with Crippen LogP contribution in [0.3, 0.4) is 0 Å². The predicted octanol–water partition coefficient (Wildman–Crippen LogP) is 0.0524. The summed E-state index contributed by atoms with van der Waals surface area (Å²) in [5.74, 6) is 0. The Balaban J connectivity index is 0. The summed E-state index contributed by atoms with van der Waals surface area (Å²) in [4.78, 5) is 9.06. The summed E-state index contributed by atoms with van der Waals surface area (Å²) in [6, 6.07) is 0. The zero-order valence-electron chi connectivity index (χ0n) is 3.98. The molecule has 0 aliphatic carbocycles. The molecule has 0 aromatic carbocycles. The molecule has 0 atom stereocenters. The predicted molar refractivity (Wildman–Crippen MR) is 29.7 cm³/mol. The van der Waals surface area contributed by atoms with E-state index in [-0.39, 0.29) is 0 Å². The first-order valence-corrected chi connectivity index (χ1v) is 2.57. The Kier molecular flexibility index (Phi) is 12.7. The van der Waals surface area contributed by atoms with Gasteiger partial charge in [-0.2, -0.15) is 4.21 Å². The van der Waals surface area contributed by atoms with Crippen molar-refractivity contribution in [2.75, 3.05) is 0 Å². The van der Waals surface area contributed by atoms with Gasteiger partial charge in [-0.15, -0.1) is 0 Å². The number of carbonyl (C=O) groups is 1. The molecule has 0 radical (unpaired) electrons. The molecule has 0 aromatic rings. The lowest BCUT2D eigenvalue weighted by atomic mass is 10.8. The van der Waals surface area contributed by atoms with E-state index in [2.05, 4.69) is 6.58 Å². The Labute approximate surface area is 49.3 Å². The lowest BCUT2D eigenvalue weighted by molar-refractivity contribution is -0.104. The Morgan fingerprint density at radius 2 is 1.62 bits per heavy atom. The van der Waals surface area contributed by atoms with Crippen LogP contribution in [-0.2, 0) is 16.2 Å². The molecule has 0 aromatic heterocycles. The van der Waals surface area contributed by atoms with Gasteiger partial charge in [-0.05, 0) is 6.08 Å². The standard InChI is InChI=1S/C3H4O.H2O3S/c1-2-3-4;1-4(2)3/h2-3H,1H2;(H2,1,2,3). The van der Waals surface area contributed by atoms with Gasteiger partial charge in [0.1, 0.15) is 6.29 Å². The summed E-state index contributed by atoms with van der Waals surface area (Å²) >= 11 is -2.61. The van der Waals surface area contributed by atoms with E-state index in [0.717, 1.165) is 0 Å². The average molecular weight is 138 g/mol. The molecule has 0 fully saturated rings. The highest BCUT2D eigenvalue weighted by atomic mass is 32.2. The first kappa shape index (κ1) is 10.5. The van der Waals surface area contributed by atoms with Crippen molar-refractivity contribution in [3.05, 3.63) is 12.7 Å². The van der Waals surface area contributed by atoms with Gasteiger partial charge >= 0.3 is 0 Å². The molecule has 0 aliphatic rings. The van der Waals surface area contributed by atoms with Crippen molar-refractivity contribution in [3.63, 3.8) is 0 Å². The minimum atomic E-state index is -2.61. The van der Waals surface area contributed by atoms with Crippen LogP contribution in [0.1, 0.15) is 0 Å². The van der Waals surface area contributed by atoms with Gasteiger partial charge in [0.15, 0.2) is 0 Å². The molecule has 0 aliphatic heterocycles. The molecule has 0 saturated carbocycles. The molecule has 48 valence electrons. The van der Waals surface area contributed by atoms with Crippen molar-refractivity contribution >= 4 is 17.6 Å². The van der Waals surface area contributed by atoms with Gasteiger partial charge in [-0.3, -0.25) is 13.9 Å². The zero-order valence-corrected chi connectivity index (χ0v) is 4.80. The lowest BCUT2D eigenvalue weighted by Gasteiger charge is -1.59. The normalized spacial score (nSPS) is 6.88. The summed E-state index contributed by atoms with van der Waals surface area (Å²) < 4.78 is 22.8. The Bertz CT molecular complexity index is 79.3. The van der Waals surface area contributed by atoms with Crippen molar-refractivity contribution < 1.29 is 18.1 Å². The van der Waals surface area contributed by atoms with Crippen LogP contribution in [-0.4, -0.2) is 19.6 Å². The van der Waals surface area contributed by atoms with Gasteiger partial charge in [-0.1, -0.05) is 6.58 Å². The van der Waals surface area contributed by atoms with E-state index in [1.807, 2.05) is 0 Å². The van der Waals surface area contributed by atoms with Crippen LogP contribution in [0.25, 0.3) is 0 Å². The largest absolute Gasteiger partial charge is 0.299 e. The van der Waals surface area contributed by atoms with Crippen LogP contribution in [0.2, 0.25) is 0 Å². The third kappa shape index (κ3) is 477. The minimum absolute atomic E-state index is 0.639.